The van der Waals surface area contributed by atoms with Crippen molar-refractivity contribution in [2.75, 3.05) is 5.32 Å². The zero-order chi connectivity index (χ0) is 14.7. The van der Waals surface area contributed by atoms with E-state index in [1.165, 1.54) is 12.1 Å². The number of imide groups is 1. The summed E-state index contributed by atoms with van der Waals surface area (Å²) in [4.78, 5) is 38.0. The van der Waals surface area contributed by atoms with Gasteiger partial charge in [0.2, 0.25) is 11.8 Å². The van der Waals surface area contributed by atoms with Gasteiger partial charge in [-0.1, -0.05) is 6.92 Å². The van der Waals surface area contributed by atoms with Gasteiger partial charge in [0, 0.05) is 12.1 Å². The Morgan fingerprint density at radius 3 is 2.85 bits per heavy atom. The molecule has 3 N–H and O–H groups in total. The molecule has 7 heteroatoms. The van der Waals surface area contributed by atoms with E-state index in [9.17, 15) is 14.4 Å². The quantitative estimate of drug-likeness (QED) is 0.694. The zero-order valence-corrected chi connectivity index (χ0v) is 11.0. The van der Waals surface area contributed by atoms with Crippen molar-refractivity contribution >= 4 is 23.6 Å². The predicted molar refractivity (Wildman–Crippen MR) is 70.4 cm³/mol. The second-order valence-electron chi connectivity index (χ2n) is 4.54. The van der Waals surface area contributed by atoms with Crippen LogP contribution in [0, 0.1) is 0 Å². The molecule has 106 valence electrons. The normalized spacial score (nSPS) is 18.6. The van der Waals surface area contributed by atoms with Crippen LogP contribution in [0.2, 0.25) is 0 Å². The summed E-state index contributed by atoms with van der Waals surface area (Å²) < 4.78 is 0. The topological polar surface area (TPSA) is 108 Å². The van der Waals surface area contributed by atoms with Gasteiger partial charge in [-0.05, 0) is 25.0 Å². The SMILES string of the molecule is CCc1cc(C(=O)O)cc(NC2CCC(=O)NC2=O)n1. The smallest absolute Gasteiger partial charge is 0.335 e. The molecule has 1 aromatic rings. The number of piperidine rings is 1. The first-order chi connectivity index (χ1) is 9.49. The Bertz CT molecular complexity index is 571. The molecule has 1 aliphatic heterocycles. The number of hydrogen-bond acceptors (Lipinski definition) is 5. The molecule has 1 saturated heterocycles. The number of nitrogens with zero attached hydrogens (tertiary/aromatic N) is 1. The molecule has 0 saturated carbocycles. The third-order valence-corrected chi connectivity index (χ3v) is 3.05. The standard InChI is InChI=1S/C13H15N3O4/c1-2-8-5-7(13(19)20)6-10(14-8)15-9-3-4-11(17)16-12(9)18/h5-6,9H,2-4H2,1H3,(H,14,15)(H,19,20)(H,16,17,18). The van der Waals surface area contributed by atoms with Crippen LogP contribution >= 0.6 is 0 Å². The van der Waals surface area contributed by atoms with Gasteiger partial charge in [-0.2, -0.15) is 0 Å². The number of rotatable bonds is 4. The van der Waals surface area contributed by atoms with E-state index in [2.05, 4.69) is 15.6 Å². The van der Waals surface area contributed by atoms with Crippen molar-refractivity contribution in [1.29, 1.82) is 0 Å². The van der Waals surface area contributed by atoms with Crippen molar-refractivity contribution in [1.82, 2.24) is 10.3 Å². The van der Waals surface area contributed by atoms with Crippen molar-refractivity contribution in [3.8, 4) is 0 Å². The van der Waals surface area contributed by atoms with E-state index >= 15 is 0 Å². The minimum atomic E-state index is -1.05. The van der Waals surface area contributed by atoms with Crippen LogP contribution in [0.1, 0.15) is 35.8 Å². The fourth-order valence-corrected chi connectivity index (χ4v) is 1.98. The molecule has 0 bridgehead atoms. The number of pyridine rings is 1. The molecular weight excluding hydrogens is 262 g/mol. The van der Waals surface area contributed by atoms with Crippen molar-refractivity contribution in [2.45, 2.75) is 32.2 Å². The van der Waals surface area contributed by atoms with Crippen LogP contribution in [0.4, 0.5) is 5.82 Å². The van der Waals surface area contributed by atoms with Gasteiger partial charge in [-0.15, -0.1) is 0 Å². The van der Waals surface area contributed by atoms with Crippen molar-refractivity contribution < 1.29 is 19.5 Å². The number of carboxylic acids is 1. The number of carbonyl (C=O) groups excluding carboxylic acids is 2. The first-order valence-electron chi connectivity index (χ1n) is 6.34. The molecule has 2 heterocycles. The second-order valence-corrected chi connectivity index (χ2v) is 4.54. The largest absolute Gasteiger partial charge is 0.478 e. The van der Waals surface area contributed by atoms with E-state index in [1.807, 2.05) is 6.92 Å². The van der Waals surface area contributed by atoms with E-state index in [-0.39, 0.29) is 17.9 Å². The van der Waals surface area contributed by atoms with Crippen molar-refractivity contribution in [3.63, 3.8) is 0 Å². The number of amides is 2. The lowest BCUT2D eigenvalue weighted by Crippen LogP contribution is -2.47. The van der Waals surface area contributed by atoms with E-state index < -0.39 is 17.9 Å². The highest BCUT2D eigenvalue weighted by Crippen LogP contribution is 2.15. The first kappa shape index (κ1) is 14.0. The Kier molecular flexibility index (Phi) is 3.97. The second kappa shape index (κ2) is 5.68. The van der Waals surface area contributed by atoms with Gasteiger partial charge in [0.25, 0.3) is 0 Å². The lowest BCUT2D eigenvalue weighted by Gasteiger charge is -2.22. The van der Waals surface area contributed by atoms with E-state index in [1.54, 1.807) is 0 Å². The molecule has 1 fully saturated rings. The summed E-state index contributed by atoms with van der Waals surface area (Å²) in [5.74, 6) is -1.43. The lowest BCUT2D eigenvalue weighted by atomic mass is 10.1. The number of anilines is 1. The number of aromatic nitrogens is 1. The van der Waals surface area contributed by atoms with Crippen molar-refractivity contribution in [2.24, 2.45) is 0 Å². The van der Waals surface area contributed by atoms with E-state index in [0.717, 1.165) is 0 Å². The molecule has 2 amide bonds. The van der Waals surface area contributed by atoms with Crippen LogP contribution in [-0.4, -0.2) is 33.9 Å². The Hall–Kier alpha value is -2.44. The molecule has 7 nitrogen and oxygen atoms in total. The number of aryl methyl sites for hydroxylation is 1. The number of nitrogens with one attached hydrogen (secondary N) is 2. The Balaban J connectivity index is 2.20. The Morgan fingerprint density at radius 2 is 2.25 bits per heavy atom. The van der Waals surface area contributed by atoms with Crippen molar-refractivity contribution in [3.05, 3.63) is 23.4 Å². The van der Waals surface area contributed by atoms with Gasteiger partial charge in [0.1, 0.15) is 11.9 Å². The van der Waals surface area contributed by atoms with Gasteiger partial charge in [0.15, 0.2) is 0 Å². The molecule has 1 atom stereocenters. The average Bonchev–Trinajstić information content (AvgIpc) is 2.41. The maximum absolute atomic E-state index is 11.6. The third kappa shape index (κ3) is 3.11. The molecular formula is C13H15N3O4. The van der Waals surface area contributed by atoms with Crippen LogP contribution in [0.25, 0.3) is 0 Å². The summed E-state index contributed by atoms with van der Waals surface area (Å²) in [5.41, 5.74) is 0.742. The number of carbonyl (C=O) groups is 3. The highest BCUT2D eigenvalue weighted by molar-refractivity contribution is 6.01. The van der Waals surface area contributed by atoms with Gasteiger partial charge < -0.3 is 10.4 Å². The molecule has 0 aromatic carbocycles. The van der Waals surface area contributed by atoms with Gasteiger partial charge in [-0.3, -0.25) is 14.9 Å². The number of aromatic carboxylic acids is 1. The molecule has 1 unspecified atom stereocenters. The third-order valence-electron chi connectivity index (χ3n) is 3.05. The van der Waals surface area contributed by atoms with Gasteiger partial charge >= 0.3 is 5.97 Å². The van der Waals surface area contributed by atoms with E-state index in [4.69, 9.17) is 5.11 Å². The average molecular weight is 277 g/mol. The summed E-state index contributed by atoms with van der Waals surface area (Å²) in [6.07, 6.45) is 1.21. The minimum absolute atomic E-state index is 0.117. The van der Waals surface area contributed by atoms with Crippen LogP contribution in [0.15, 0.2) is 12.1 Å². The Morgan fingerprint density at radius 1 is 1.50 bits per heavy atom. The minimum Gasteiger partial charge on any atom is -0.478 e. The molecule has 1 aromatic heterocycles. The molecule has 20 heavy (non-hydrogen) atoms. The summed E-state index contributed by atoms with van der Waals surface area (Å²) in [6.45, 7) is 1.86. The van der Waals surface area contributed by atoms with Gasteiger partial charge in [0.05, 0.1) is 5.56 Å². The predicted octanol–water partition coefficient (Wildman–Crippen LogP) is 0.559. The monoisotopic (exact) mass is 277 g/mol. The van der Waals surface area contributed by atoms with Crippen LogP contribution in [-0.2, 0) is 16.0 Å². The van der Waals surface area contributed by atoms with Crippen LogP contribution in [0.3, 0.4) is 0 Å². The maximum Gasteiger partial charge on any atom is 0.335 e. The molecule has 0 aliphatic carbocycles. The van der Waals surface area contributed by atoms with E-state index in [0.29, 0.717) is 24.4 Å². The summed E-state index contributed by atoms with van der Waals surface area (Å²) in [5, 5.41) is 14.2. The highest BCUT2D eigenvalue weighted by atomic mass is 16.4. The first-order valence-corrected chi connectivity index (χ1v) is 6.34. The number of hydrogen-bond donors (Lipinski definition) is 3. The number of carboxylic acid groups (broad SMARTS) is 1. The van der Waals surface area contributed by atoms with Crippen LogP contribution in [0.5, 0.6) is 0 Å². The maximum atomic E-state index is 11.6. The molecule has 0 spiro atoms. The fraction of sp³-hybridized carbons (Fsp3) is 0.385. The Labute approximate surface area is 115 Å². The lowest BCUT2D eigenvalue weighted by molar-refractivity contribution is -0.133. The summed E-state index contributed by atoms with van der Waals surface area (Å²) in [6, 6.07) is 2.30. The molecule has 1 aliphatic rings. The summed E-state index contributed by atoms with van der Waals surface area (Å²) >= 11 is 0. The summed E-state index contributed by atoms with van der Waals surface area (Å²) in [7, 11) is 0. The highest BCUT2D eigenvalue weighted by Gasteiger charge is 2.26. The zero-order valence-electron chi connectivity index (χ0n) is 11.0. The molecule has 0 radical (unpaired) electrons. The molecule has 2 rings (SSSR count). The van der Waals surface area contributed by atoms with Gasteiger partial charge in [-0.25, -0.2) is 9.78 Å². The fourth-order valence-electron chi connectivity index (χ4n) is 1.98. The van der Waals surface area contributed by atoms with Crippen LogP contribution < -0.4 is 10.6 Å².